The number of rotatable bonds is 3. The highest BCUT2D eigenvalue weighted by atomic mass is 15.2. The number of piperazine rings is 1. The Morgan fingerprint density at radius 2 is 1.81 bits per heavy atom. The summed E-state index contributed by atoms with van der Waals surface area (Å²) in [6, 6.07) is 10.2. The van der Waals surface area contributed by atoms with Crippen LogP contribution in [0.1, 0.15) is 18.2 Å². The van der Waals surface area contributed by atoms with Gasteiger partial charge >= 0.3 is 0 Å². The quantitative estimate of drug-likeness (QED) is 0.938. The number of hydrogen-bond acceptors (Lipinski definition) is 4. The molecule has 110 valence electrons. The summed E-state index contributed by atoms with van der Waals surface area (Å²) in [5, 5.41) is 3.39. The lowest BCUT2D eigenvalue weighted by Crippen LogP contribution is -2.44. The van der Waals surface area contributed by atoms with Crippen LogP contribution in [-0.2, 0) is 6.42 Å². The maximum Gasteiger partial charge on any atom is 0.161 e. The molecule has 1 aromatic heterocycles. The van der Waals surface area contributed by atoms with Gasteiger partial charge in [-0.15, -0.1) is 0 Å². The number of aromatic nitrogens is 2. The minimum atomic E-state index is 0.839. The molecule has 0 aliphatic carbocycles. The molecule has 1 aromatic carbocycles. The molecule has 3 rings (SSSR count). The molecule has 0 amide bonds. The van der Waals surface area contributed by atoms with E-state index in [4.69, 9.17) is 9.97 Å². The number of anilines is 1. The lowest BCUT2D eigenvalue weighted by Gasteiger charge is -2.30. The molecule has 4 nitrogen and oxygen atoms in total. The summed E-state index contributed by atoms with van der Waals surface area (Å²) in [7, 11) is 0. The van der Waals surface area contributed by atoms with E-state index in [1.807, 2.05) is 18.2 Å². The van der Waals surface area contributed by atoms with E-state index in [-0.39, 0.29) is 0 Å². The van der Waals surface area contributed by atoms with E-state index < -0.39 is 0 Å². The fourth-order valence-electron chi connectivity index (χ4n) is 2.79. The Hall–Kier alpha value is -1.94. The Bertz CT molecular complexity index is 604. The Labute approximate surface area is 126 Å². The predicted octanol–water partition coefficient (Wildman–Crippen LogP) is 2.42. The van der Waals surface area contributed by atoms with Crippen LogP contribution in [-0.4, -0.2) is 36.1 Å². The summed E-state index contributed by atoms with van der Waals surface area (Å²) in [4.78, 5) is 12.0. The van der Waals surface area contributed by atoms with Gasteiger partial charge in [0.1, 0.15) is 5.82 Å². The van der Waals surface area contributed by atoms with Crippen molar-refractivity contribution in [3.05, 3.63) is 41.6 Å². The van der Waals surface area contributed by atoms with Crippen LogP contribution in [0.25, 0.3) is 11.4 Å². The Morgan fingerprint density at radius 3 is 2.48 bits per heavy atom. The molecule has 0 spiro atoms. The van der Waals surface area contributed by atoms with E-state index in [1.54, 1.807) is 0 Å². The minimum Gasteiger partial charge on any atom is -0.354 e. The highest BCUT2D eigenvalue weighted by molar-refractivity contribution is 5.60. The highest BCUT2D eigenvalue weighted by Gasteiger charge is 2.18. The van der Waals surface area contributed by atoms with Crippen LogP contribution in [0.2, 0.25) is 0 Å². The van der Waals surface area contributed by atoms with E-state index in [0.717, 1.165) is 55.5 Å². The maximum absolute atomic E-state index is 4.86. The first-order valence-electron chi connectivity index (χ1n) is 7.68. The monoisotopic (exact) mass is 282 g/mol. The molecule has 1 saturated heterocycles. The van der Waals surface area contributed by atoms with Crippen molar-refractivity contribution in [1.82, 2.24) is 15.3 Å². The van der Waals surface area contributed by atoms with Crippen LogP contribution in [0.4, 0.5) is 5.82 Å². The van der Waals surface area contributed by atoms with Gasteiger partial charge in [-0.3, -0.25) is 0 Å². The molecule has 0 radical (unpaired) electrons. The van der Waals surface area contributed by atoms with Crippen molar-refractivity contribution in [1.29, 1.82) is 0 Å². The molecule has 2 heterocycles. The first kappa shape index (κ1) is 14.0. The second kappa shape index (κ2) is 6.22. The minimum absolute atomic E-state index is 0.839. The summed E-state index contributed by atoms with van der Waals surface area (Å²) >= 11 is 0. The van der Waals surface area contributed by atoms with Crippen molar-refractivity contribution in [3.8, 4) is 11.4 Å². The number of hydrogen-bond donors (Lipinski definition) is 1. The number of aryl methyl sites for hydroxylation is 1. The van der Waals surface area contributed by atoms with Gasteiger partial charge in [-0.1, -0.05) is 37.3 Å². The third-order valence-electron chi connectivity index (χ3n) is 4.00. The van der Waals surface area contributed by atoms with Gasteiger partial charge in [0.05, 0.1) is 0 Å². The first-order valence-corrected chi connectivity index (χ1v) is 7.68. The average Bonchev–Trinajstić information content (AvgIpc) is 2.56. The smallest absolute Gasteiger partial charge is 0.161 e. The summed E-state index contributed by atoms with van der Waals surface area (Å²) in [6.07, 6.45) is 0.938. The SMILES string of the molecule is CCc1nc(-c2ccccc2)nc(N2CCNCC2)c1C. The molecule has 0 saturated carbocycles. The van der Waals surface area contributed by atoms with Gasteiger partial charge in [-0.2, -0.15) is 0 Å². The molecule has 1 aliphatic heterocycles. The molecule has 0 atom stereocenters. The predicted molar refractivity (Wildman–Crippen MR) is 86.7 cm³/mol. The molecule has 0 unspecified atom stereocenters. The van der Waals surface area contributed by atoms with Crippen molar-refractivity contribution in [3.63, 3.8) is 0 Å². The van der Waals surface area contributed by atoms with Crippen LogP contribution in [0.15, 0.2) is 30.3 Å². The number of nitrogens with zero attached hydrogens (tertiary/aromatic N) is 3. The molecule has 1 N–H and O–H groups in total. The average molecular weight is 282 g/mol. The third-order valence-corrected chi connectivity index (χ3v) is 4.00. The van der Waals surface area contributed by atoms with Gasteiger partial charge in [0, 0.05) is 43.0 Å². The van der Waals surface area contributed by atoms with E-state index in [0.29, 0.717) is 0 Å². The van der Waals surface area contributed by atoms with Crippen molar-refractivity contribution in [2.75, 3.05) is 31.1 Å². The van der Waals surface area contributed by atoms with Crippen LogP contribution in [0, 0.1) is 6.92 Å². The molecular weight excluding hydrogens is 260 g/mol. The van der Waals surface area contributed by atoms with Crippen LogP contribution in [0.3, 0.4) is 0 Å². The largest absolute Gasteiger partial charge is 0.354 e. The van der Waals surface area contributed by atoms with Gasteiger partial charge in [0.15, 0.2) is 5.82 Å². The Morgan fingerprint density at radius 1 is 1.10 bits per heavy atom. The van der Waals surface area contributed by atoms with Gasteiger partial charge in [-0.05, 0) is 13.3 Å². The lowest BCUT2D eigenvalue weighted by molar-refractivity contribution is 0.583. The molecule has 2 aromatic rings. The maximum atomic E-state index is 4.86. The van der Waals surface area contributed by atoms with Crippen molar-refractivity contribution in [2.45, 2.75) is 20.3 Å². The number of benzene rings is 1. The molecular formula is C17H22N4. The third kappa shape index (κ3) is 2.90. The second-order valence-electron chi connectivity index (χ2n) is 5.40. The summed E-state index contributed by atoms with van der Waals surface area (Å²) in [6.45, 7) is 8.36. The van der Waals surface area contributed by atoms with Crippen LogP contribution < -0.4 is 10.2 Å². The Balaban J connectivity index is 2.06. The van der Waals surface area contributed by atoms with Gasteiger partial charge in [0.25, 0.3) is 0 Å². The number of nitrogens with one attached hydrogen (secondary N) is 1. The summed E-state index contributed by atoms with van der Waals surface area (Å²) < 4.78 is 0. The highest BCUT2D eigenvalue weighted by Crippen LogP contribution is 2.25. The fourth-order valence-corrected chi connectivity index (χ4v) is 2.79. The molecule has 1 aliphatic rings. The van der Waals surface area contributed by atoms with Gasteiger partial charge < -0.3 is 10.2 Å². The van der Waals surface area contributed by atoms with Crippen molar-refractivity contribution in [2.24, 2.45) is 0 Å². The standard InChI is InChI=1S/C17H22N4/c1-3-15-13(2)17(21-11-9-18-10-12-21)20-16(19-15)14-7-5-4-6-8-14/h4-8,18H,3,9-12H2,1-2H3. The van der Waals surface area contributed by atoms with E-state index in [9.17, 15) is 0 Å². The van der Waals surface area contributed by atoms with Gasteiger partial charge in [-0.25, -0.2) is 9.97 Å². The van der Waals surface area contributed by atoms with Crippen LogP contribution >= 0.6 is 0 Å². The lowest BCUT2D eigenvalue weighted by atomic mass is 10.1. The van der Waals surface area contributed by atoms with E-state index in [2.05, 4.69) is 36.2 Å². The van der Waals surface area contributed by atoms with Crippen LogP contribution in [0.5, 0.6) is 0 Å². The Kier molecular flexibility index (Phi) is 4.15. The molecule has 1 fully saturated rings. The molecule has 4 heteroatoms. The normalized spacial score (nSPS) is 15.2. The topological polar surface area (TPSA) is 41.1 Å². The van der Waals surface area contributed by atoms with E-state index >= 15 is 0 Å². The zero-order valence-corrected chi connectivity index (χ0v) is 12.8. The fraction of sp³-hybridized carbons (Fsp3) is 0.412. The van der Waals surface area contributed by atoms with E-state index in [1.165, 1.54) is 5.56 Å². The summed E-state index contributed by atoms with van der Waals surface area (Å²) in [5.41, 5.74) is 3.46. The van der Waals surface area contributed by atoms with Gasteiger partial charge in [0.2, 0.25) is 0 Å². The van der Waals surface area contributed by atoms with Crippen molar-refractivity contribution < 1.29 is 0 Å². The van der Waals surface area contributed by atoms with Crippen molar-refractivity contribution >= 4 is 5.82 Å². The summed E-state index contributed by atoms with van der Waals surface area (Å²) in [5.74, 6) is 1.94. The molecule has 0 bridgehead atoms. The zero-order chi connectivity index (χ0) is 14.7. The first-order chi connectivity index (χ1) is 10.3. The second-order valence-corrected chi connectivity index (χ2v) is 5.40. The molecule has 21 heavy (non-hydrogen) atoms. The zero-order valence-electron chi connectivity index (χ0n) is 12.8.